The third-order valence-electron chi connectivity index (χ3n) is 2.18. The smallest absolute Gasteiger partial charge is 0.305 e. The molecule has 0 radical (unpaired) electrons. The highest BCUT2D eigenvalue weighted by Gasteiger charge is 2.07. The summed E-state index contributed by atoms with van der Waals surface area (Å²) in [5.74, 6) is -3.92. The third kappa shape index (κ3) is 7.40. The van der Waals surface area contributed by atoms with Crippen molar-refractivity contribution >= 4 is 11.9 Å². The summed E-state index contributed by atoms with van der Waals surface area (Å²) in [5, 5.41) is 10.4. The van der Waals surface area contributed by atoms with Crippen molar-refractivity contribution in [1.29, 1.82) is 0 Å². The van der Waals surface area contributed by atoms with Crippen LogP contribution in [0.1, 0.15) is 25.8 Å². The lowest BCUT2D eigenvalue weighted by atomic mass is 10.1. The summed E-state index contributed by atoms with van der Waals surface area (Å²) in [6.07, 6.45) is 0.350. The van der Waals surface area contributed by atoms with Gasteiger partial charge in [-0.1, -0.05) is 6.92 Å². The van der Waals surface area contributed by atoms with Gasteiger partial charge in [-0.2, -0.15) is 0 Å². The normalized spacial score (nSPS) is 9.45. The van der Waals surface area contributed by atoms with E-state index in [9.17, 15) is 22.8 Å². The fraction of sp³-hybridized carbons (Fsp3) is 0.385. The minimum absolute atomic E-state index is 0.0143. The number of aliphatic carboxylic acids is 1. The maximum absolute atomic E-state index is 12.6. The van der Waals surface area contributed by atoms with E-state index in [1.807, 2.05) is 0 Å². The zero-order valence-electron chi connectivity index (χ0n) is 11.2. The topological polar surface area (TPSA) is 66.4 Å². The first-order chi connectivity index (χ1) is 9.27. The van der Waals surface area contributed by atoms with Crippen molar-refractivity contribution in [3.8, 4) is 0 Å². The van der Waals surface area contributed by atoms with Gasteiger partial charge in [0.05, 0.1) is 6.42 Å². The van der Waals surface area contributed by atoms with Gasteiger partial charge in [0.2, 0.25) is 5.91 Å². The summed E-state index contributed by atoms with van der Waals surface area (Å²) >= 11 is 0. The molecule has 7 heteroatoms. The van der Waals surface area contributed by atoms with Crippen molar-refractivity contribution in [2.45, 2.75) is 26.7 Å². The Kier molecular flexibility index (Phi) is 8.03. The van der Waals surface area contributed by atoms with Crippen molar-refractivity contribution < 1.29 is 27.9 Å². The van der Waals surface area contributed by atoms with Crippen molar-refractivity contribution in [2.24, 2.45) is 0 Å². The molecule has 0 bridgehead atoms. The zero-order valence-corrected chi connectivity index (χ0v) is 11.2. The van der Waals surface area contributed by atoms with Gasteiger partial charge in [0.1, 0.15) is 5.82 Å². The predicted octanol–water partition coefficient (Wildman–Crippen LogP) is 2.26. The first kappa shape index (κ1) is 17.9. The number of halogens is 3. The van der Waals surface area contributed by atoms with E-state index in [-0.39, 0.29) is 24.4 Å². The molecule has 20 heavy (non-hydrogen) atoms. The van der Waals surface area contributed by atoms with Crippen molar-refractivity contribution in [3.05, 3.63) is 35.1 Å². The Bertz CT molecular complexity index is 464. The van der Waals surface area contributed by atoms with E-state index < -0.39 is 23.4 Å². The van der Waals surface area contributed by atoms with Gasteiger partial charge in [-0.05, 0) is 18.1 Å². The molecule has 0 aromatic heterocycles. The number of hydrogen-bond donors (Lipinski definition) is 2. The Balaban J connectivity index is 0.000000370. The summed E-state index contributed by atoms with van der Waals surface area (Å²) in [5.41, 5.74) is 0.198. The fourth-order valence-corrected chi connectivity index (χ4v) is 1.18. The highest BCUT2D eigenvalue weighted by atomic mass is 19.2. The van der Waals surface area contributed by atoms with Crippen LogP contribution in [0, 0.1) is 17.5 Å². The quantitative estimate of drug-likeness (QED) is 0.836. The second kappa shape index (κ2) is 8.95. The van der Waals surface area contributed by atoms with Crippen LogP contribution in [-0.4, -0.2) is 23.5 Å². The van der Waals surface area contributed by atoms with E-state index in [0.29, 0.717) is 12.5 Å². The molecule has 0 saturated carbocycles. The Morgan fingerprint density at radius 3 is 2.15 bits per heavy atom. The fourth-order valence-electron chi connectivity index (χ4n) is 1.18. The van der Waals surface area contributed by atoms with Crippen molar-refractivity contribution in [2.75, 3.05) is 6.54 Å². The largest absolute Gasteiger partial charge is 0.481 e. The molecule has 1 aromatic rings. The number of benzene rings is 1. The highest BCUT2D eigenvalue weighted by Crippen LogP contribution is 2.13. The van der Waals surface area contributed by atoms with E-state index in [1.54, 1.807) is 6.92 Å². The number of nitrogens with one attached hydrogen (secondary N) is 1. The summed E-state index contributed by atoms with van der Waals surface area (Å²) in [6, 6.07) is 1.44. The van der Waals surface area contributed by atoms with Crippen LogP contribution in [0.3, 0.4) is 0 Å². The lowest BCUT2D eigenvalue weighted by Gasteiger charge is -1.99. The summed E-state index contributed by atoms with van der Waals surface area (Å²) in [6.45, 7) is 3.24. The summed E-state index contributed by atoms with van der Waals surface area (Å²) < 4.78 is 37.3. The molecule has 2 N–H and O–H groups in total. The maximum atomic E-state index is 12.6. The van der Waals surface area contributed by atoms with Gasteiger partial charge in [-0.15, -0.1) is 0 Å². The average molecular weight is 291 g/mol. The summed E-state index contributed by atoms with van der Waals surface area (Å²) in [4.78, 5) is 20.0. The monoisotopic (exact) mass is 291 g/mol. The number of rotatable bonds is 4. The standard InChI is InChI=1S/C8H7F3.C5H9NO3/c1-2-5-3-7(10)8(11)4-6(5)9;1-4(7)6-3-2-5(8)9/h3-4H,2H2,1H3;2-3H2,1H3,(H,6,7)(H,8,9). The van der Waals surface area contributed by atoms with E-state index >= 15 is 0 Å². The van der Waals surface area contributed by atoms with E-state index in [0.717, 1.165) is 6.07 Å². The molecule has 0 aliphatic heterocycles. The minimum Gasteiger partial charge on any atom is -0.481 e. The maximum Gasteiger partial charge on any atom is 0.305 e. The first-order valence-corrected chi connectivity index (χ1v) is 5.87. The van der Waals surface area contributed by atoms with E-state index in [1.165, 1.54) is 6.92 Å². The Morgan fingerprint density at radius 1 is 1.15 bits per heavy atom. The number of carboxylic acid groups (broad SMARTS) is 1. The molecule has 1 aromatic carbocycles. The minimum atomic E-state index is -1.14. The highest BCUT2D eigenvalue weighted by molar-refractivity contribution is 5.74. The molecule has 0 atom stereocenters. The molecule has 1 rings (SSSR count). The van der Waals surface area contributed by atoms with Gasteiger partial charge in [0.25, 0.3) is 0 Å². The Labute approximate surface area is 114 Å². The second-order valence-corrected chi connectivity index (χ2v) is 3.84. The van der Waals surface area contributed by atoms with Crippen LogP contribution in [0.25, 0.3) is 0 Å². The molecule has 0 unspecified atom stereocenters. The molecule has 112 valence electrons. The molecular weight excluding hydrogens is 275 g/mol. The van der Waals surface area contributed by atoms with Crippen LogP contribution in [0.2, 0.25) is 0 Å². The van der Waals surface area contributed by atoms with Gasteiger partial charge in [0.15, 0.2) is 11.6 Å². The van der Waals surface area contributed by atoms with Crippen LogP contribution >= 0.6 is 0 Å². The lowest BCUT2D eigenvalue weighted by Crippen LogP contribution is -2.22. The van der Waals surface area contributed by atoms with Crippen LogP contribution < -0.4 is 5.32 Å². The number of carbonyl (C=O) groups is 2. The molecule has 0 spiro atoms. The van der Waals surface area contributed by atoms with E-state index in [4.69, 9.17) is 5.11 Å². The number of aryl methyl sites for hydroxylation is 1. The molecule has 1 amide bonds. The van der Waals surface area contributed by atoms with Crippen LogP contribution in [0.5, 0.6) is 0 Å². The van der Waals surface area contributed by atoms with Crippen LogP contribution in [0.4, 0.5) is 13.2 Å². The average Bonchev–Trinajstić information content (AvgIpc) is 2.33. The van der Waals surface area contributed by atoms with Gasteiger partial charge >= 0.3 is 5.97 Å². The van der Waals surface area contributed by atoms with Gasteiger partial charge < -0.3 is 10.4 Å². The number of hydrogen-bond acceptors (Lipinski definition) is 2. The van der Waals surface area contributed by atoms with Gasteiger partial charge in [-0.3, -0.25) is 9.59 Å². The SMILES string of the molecule is CC(=O)NCCC(=O)O.CCc1cc(F)c(F)cc1F. The molecule has 0 aliphatic carbocycles. The molecule has 0 fully saturated rings. The Morgan fingerprint density at radius 2 is 1.70 bits per heavy atom. The van der Waals surface area contributed by atoms with Gasteiger partial charge in [-0.25, -0.2) is 13.2 Å². The van der Waals surface area contributed by atoms with E-state index in [2.05, 4.69) is 5.32 Å². The Hall–Kier alpha value is -2.05. The van der Waals surface area contributed by atoms with Crippen LogP contribution in [0.15, 0.2) is 12.1 Å². The number of amides is 1. The molecule has 0 saturated heterocycles. The molecular formula is C13H16F3NO3. The zero-order chi connectivity index (χ0) is 15.7. The third-order valence-corrected chi connectivity index (χ3v) is 2.18. The lowest BCUT2D eigenvalue weighted by molar-refractivity contribution is -0.136. The van der Waals surface area contributed by atoms with Crippen LogP contribution in [-0.2, 0) is 16.0 Å². The number of carboxylic acids is 1. The molecule has 0 heterocycles. The first-order valence-electron chi connectivity index (χ1n) is 5.87. The van der Waals surface area contributed by atoms with Crippen molar-refractivity contribution in [1.82, 2.24) is 5.32 Å². The second-order valence-electron chi connectivity index (χ2n) is 3.84. The predicted molar refractivity (Wildman–Crippen MR) is 66.6 cm³/mol. The summed E-state index contributed by atoms with van der Waals surface area (Å²) in [7, 11) is 0. The van der Waals surface area contributed by atoms with Crippen molar-refractivity contribution in [3.63, 3.8) is 0 Å². The number of carbonyl (C=O) groups excluding carboxylic acids is 1. The molecule has 4 nitrogen and oxygen atoms in total. The van der Waals surface area contributed by atoms with Gasteiger partial charge in [0, 0.05) is 19.5 Å². The molecule has 0 aliphatic rings.